The number of rotatable bonds is 5. The maximum atomic E-state index is 13.0. The number of hydrogen-bond acceptors (Lipinski definition) is 4. The van der Waals surface area contributed by atoms with Gasteiger partial charge in [-0.2, -0.15) is 0 Å². The number of aromatic nitrogens is 2. The largest absolute Gasteiger partial charge is 0.422 e. The molecule has 0 fully saturated rings. The van der Waals surface area contributed by atoms with Gasteiger partial charge < -0.3 is 4.74 Å². The first-order chi connectivity index (χ1) is 15.9. The van der Waals surface area contributed by atoms with Crippen LogP contribution in [0.4, 0.5) is 0 Å². The van der Waals surface area contributed by atoms with Crippen LogP contribution in [-0.4, -0.2) is 21.4 Å². The van der Waals surface area contributed by atoms with Gasteiger partial charge in [0.25, 0.3) is 5.91 Å². The van der Waals surface area contributed by atoms with E-state index in [4.69, 9.17) is 27.9 Å². The van der Waals surface area contributed by atoms with E-state index in [-0.39, 0.29) is 11.7 Å². The Bertz CT molecular complexity index is 1320. The van der Waals surface area contributed by atoms with Gasteiger partial charge in [-0.05, 0) is 55.5 Å². The lowest BCUT2D eigenvalue weighted by Crippen LogP contribution is -2.13. The summed E-state index contributed by atoms with van der Waals surface area (Å²) in [6, 6.07) is 20.5. The summed E-state index contributed by atoms with van der Waals surface area (Å²) in [4.78, 5) is 30.1. The molecule has 0 atom stereocenters. The number of halogens is 2. The molecule has 0 N–H and O–H groups in total. The molecule has 0 saturated heterocycles. The van der Waals surface area contributed by atoms with E-state index in [1.807, 2.05) is 31.2 Å². The molecule has 0 aliphatic heterocycles. The molecule has 0 bridgehead atoms. The van der Waals surface area contributed by atoms with Crippen molar-refractivity contribution in [2.45, 2.75) is 6.92 Å². The van der Waals surface area contributed by atoms with Crippen molar-refractivity contribution in [3.8, 4) is 0 Å². The highest BCUT2D eigenvalue weighted by Crippen LogP contribution is 2.23. The third-order valence-corrected chi connectivity index (χ3v) is 5.36. The van der Waals surface area contributed by atoms with Crippen LogP contribution in [0.5, 0.6) is 0 Å². The van der Waals surface area contributed by atoms with E-state index in [0.717, 1.165) is 5.56 Å². The fourth-order valence-electron chi connectivity index (χ4n) is 3.08. The highest BCUT2D eigenvalue weighted by molar-refractivity contribution is 6.31. The van der Waals surface area contributed by atoms with Crippen LogP contribution in [0.3, 0.4) is 0 Å². The number of nitrogens with zero attached hydrogens (tertiary/aromatic N) is 2. The van der Waals surface area contributed by atoms with E-state index >= 15 is 0 Å². The molecule has 0 aliphatic carbocycles. The molecular weight excluding hydrogens is 459 g/mol. The van der Waals surface area contributed by atoms with E-state index in [9.17, 15) is 9.59 Å². The lowest BCUT2D eigenvalue weighted by molar-refractivity contribution is 0.0693. The van der Waals surface area contributed by atoms with Crippen molar-refractivity contribution in [3.05, 3.63) is 123 Å². The molecule has 1 aromatic heterocycles. The smallest absolute Gasteiger partial charge is 0.343 e. The van der Waals surface area contributed by atoms with Crippen molar-refractivity contribution >= 4 is 46.9 Å². The minimum atomic E-state index is -0.555. The normalized spacial score (nSPS) is 11.3. The molecule has 0 radical (unpaired) electrons. The second kappa shape index (κ2) is 9.86. The molecule has 4 rings (SSSR count). The van der Waals surface area contributed by atoms with Crippen molar-refractivity contribution in [2.24, 2.45) is 0 Å². The summed E-state index contributed by atoms with van der Waals surface area (Å²) in [5.74, 6) is -0.274. The standard InChI is InChI=1S/C26H18Cl2N2O3/c1-17-2-4-18(5-3-17)23(33-26(32)20-8-12-22(28)13-9-20)16-24-29-14-15-30(24)25(31)19-6-10-21(27)11-7-19/h2-16H,1H3/b23-16+. The number of hydrogen-bond donors (Lipinski definition) is 0. The number of esters is 1. The van der Waals surface area contributed by atoms with Crippen molar-refractivity contribution < 1.29 is 14.3 Å². The summed E-state index contributed by atoms with van der Waals surface area (Å²) in [7, 11) is 0. The Balaban J connectivity index is 1.71. The summed E-state index contributed by atoms with van der Waals surface area (Å²) in [5.41, 5.74) is 2.51. The van der Waals surface area contributed by atoms with Crippen LogP contribution in [-0.2, 0) is 4.74 Å². The third kappa shape index (κ3) is 5.40. The third-order valence-electron chi connectivity index (χ3n) is 4.86. The Morgan fingerprint density at radius 3 is 1.97 bits per heavy atom. The van der Waals surface area contributed by atoms with E-state index < -0.39 is 5.97 Å². The quantitative estimate of drug-likeness (QED) is 0.242. The van der Waals surface area contributed by atoms with Gasteiger partial charge in [0.05, 0.1) is 5.56 Å². The lowest BCUT2D eigenvalue weighted by atomic mass is 10.1. The molecular formula is C26H18Cl2N2O3. The van der Waals surface area contributed by atoms with Crippen LogP contribution in [0.15, 0.2) is 85.2 Å². The van der Waals surface area contributed by atoms with Crippen LogP contribution >= 0.6 is 23.2 Å². The minimum Gasteiger partial charge on any atom is -0.422 e. The first-order valence-corrected chi connectivity index (χ1v) is 10.8. The fraction of sp³-hybridized carbons (Fsp3) is 0.0385. The predicted molar refractivity (Wildman–Crippen MR) is 129 cm³/mol. The first-order valence-electron chi connectivity index (χ1n) is 10.0. The molecule has 0 unspecified atom stereocenters. The minimum absolute atomic E-state index is 0.256. The molecule has 33 heavy (non-hydrogen) atoms. The van der Waals surface area contributed by atoms with Gasteiger partial charge in [-0.15, -0.1) is 0 Å². The topological polar surface area (TPSA) is 61.2 Å². The van der Waals surface area contributed by atoms with Gasteiger partial charge in [0, 0.05) is 39.6 Å². The van der Waals surface area contributed by atoms with Gasteiger partial charge in [-0.3, -0.25) is 9.36 Å². The molecule has 164 valence electrons. The average Bonchev–Trinajstić information content (AvgIpc) is 3.28. The van der Waals surface area contributed by atoms with Gasteiger partial charge in [-0.1, -0.05) is 53.0 Å². The van der Waals surface area contributed by atoms with Crippen molar-refractivity contribution in [2.75, 3.05) is 0 Å². The summed E-state index contributed by atoms with van der Waals surface area (Å²) < 4.78 is 7.11. The van der Waals surface area contributed by atoms with Crippen molar-refractivity contribution in [1.29, 1.82) is 0 Å². The average molecular weight is 477 g/mol. The van der Waals surface area contributed by atoms with Crippen LogP contribution in [0.25, 0.3) is 11.8 Å². The monoisotopic (exact) mass is 476 g/mol. The molecule has 0 saturated carbocycles. The predicted octanol–water partition coefficient (Wildman–Crippen LogP) is 6.54. The molecule has 0 aliphatic rings. The van der Waals surface area contributed by atoms with Gasteiger partial charge in [-0.25, -0.2) is 9.78 Å². The molecule has 7 heteroatoms. The molecule has 0 amide bonds. The lowest BCUT2D eigenvalue weighted by Gasteiger charge is -2.11. The molecule has 1 heterocycles. The zero-order chi connectivity index (χ0) is 23.4. The second-order valence-corrected chi connectivity index (χ2v) is 8.11. The summed E-state index contributed by atoms with van der Waals surface area (Å²) in [6.07, 6.45) is 4.62. The molecule has 4 aromatic rings. The number of imidazole rings is 1. The number of benzene rings is 3. The van der Waals surface area contributed by atoms with Gasteiger partial charge in [0.15, 0.2) is 0 Å². The number of carbonyl (C=O) groups excluding carboxylic acids is 2. The summed E-state index contributed by atoms with van der Waals surface area (Å²) in [5, 5.41) is 1.05. The summed E-state index contributed by atoms with van der Waals surface area (Å²) >= 11 is 11.9. The van der Waals surface area contributed by atoms with E-state index in [0.29, 0.717) is 32.6 Å². The molecule has 5 nitrogen and oxygen atoms in total. The maximum Gasteiger partial charge on any atom is 0.343 e. The Morgan fingerprint density at radius 2 is 1.36 bits per heavy atom. The van der Waals surface area contributed by atoms with Gasteiger partial charge in [0.2, 0.25) is 0 Å². The molecule has 0 spiro atoms. The highest BCUT2D eigenvalue weighted by Gasteiger charge is 2.16. The van der Waals surface area contributed by atoms with Crippen molar-refractivity contribution in [1.82, 2.24) is 9.55 Å². The first kappa shape index (κ1) is 22.5. The van der Waals surface area contributed by atoms with E-state index in [1.54, 1.807) is 60.8 Å². The van der Waals surface area contributed by atoms with Crippen LogP contribution in [0, 0.1) is 6.92 Å². The number of ether oxygens (including phenoxy) is 1. The van der Waals surface area contributed by atoms with E-state index in [1.165, 1.54) is 10.8 Å². The Kier molecular flexibility index (Phi) is 6.73. The number of carbonyl (C=O) groups is 2. The van der Waals surface area contributed by atoms with Crippen LogP contribution in [0.1, 0.15) is 37.7 Å². The van der Waals surface area contributed by atoms with Gasteiger partial charge >= 0.3 is 5.97 Å². The van der Waals surface area contributed by atoms with Crippen molar-refractivity contribution in [3.63, 3.8) is 0 Å². The Hall–Kier alpha value is -3.67. The zero-order valence-electron chi connectivity index (χ0n) is 17.5. The Labute approximate surface area is 200 Å². The second-order valence-electron chi connectivity index (χ2n) is 7.24. The SMILES string of the molecule is Cc1ccc(/C(=C\c2nccn2C(=O)c2ccc(Cl)cc2)OC(=O)c2ccc(Cl)cc2)cc1. The highest BCUT2D eigenvalue weighted by atomic mass is 35.5. The summed E-state index contributed by atoms with van der Waals surface area (Å²) in [6.45, 7) is 1.96. The molecule has 3 aromatic carbocycles. The number of aryl methyl sites for hydroxylation is 1. The van der Waals surface area contributed by atoms with E-state index in [2.05, 4.69) is 4.98 Å². The Morgan fingerprint density at radius 1 is 0.818 bits per heavy atom. The zero-order valence-corrected chi connectivity index (χ0v) is 19.0. The maximum absolute atomic E-state index is 13.0. The fourth-order valence-corrected chi connectivity index (χ4v) is 3.33. The van der Waals surface area contributed by atoms with Crippen LogP contribution in [0.2, 0.25) is 10.0 Å². The van der Waals surface area contributed by atoms with Crippen LogP contribution < -0.4 is 0 Å². The van der Waals surface area contributed by atoms with Gasteiger partial charge in [0.1, 0.15) is 11.6 Å².